The Kier molecular flexibility index (Phi) is 7.33. The highest BCUT2D eigenvalue weighted by molar-refractivity contribution is 14.1. The number of fused-ring (bicyclic) bond motifs is 1. The van der Waals surface area contributed by atoms with Crippen LogP contribution < -0.4 is 15.4 Å². The van der Waals surface area contributed by atoms with Crippen LogP contribution in [-0.4, -0.2) is 41.6 Å². The molecule has 172 valence electrons. The predicted octanol–water partition coefficient (Wildman–Crippen LogP) is 3.92. The van der Waals surface area contributed by atoms with Gasteiger partial charge in [-0.2, -0.15) is 4.98 Å². The lowest BCUT2D eigenvalue weighted by Crippen LogP contribution is -2.26. The van der Waals surface area contributed by atoms with Crippen LogP contribution in [0.3, 0.4) is 0 Å². The molecular formula is C20H18FIN6O3S2. The zero-order chi connectivity index (χ0) is 23.4. The number of aromatic nitrogens is 3. The van der Waals surface area contributed by atoms with Crippen molar-refractivity contribution in [1.82, 2.24) is 19.7 Å². The number of hydrogen-bond acceptors (Lipinski definition) is 9. The molecule has 2 aromatic heterocycles. The molecule has 4 rings (SSSR count). The van der Waals surface area contributed by atoms with Crippen LogP contribution in [0.4, 0.5) is 26.7 Å². The molecule has 0 atom stereocenters. The molecule has 0 fully saturated rings. The predicted molar refractivity (Wildman–Crippen MR) is 135 cm³/mol. The van der Waals surface area contributed by atoms with Crippen LogP contribution in [-0.2, 0) is 14.5 Å². The molecule has 4 aromatic rings. The van der Waals surface area contributed by atoms with Crippen molar-refractivity contribution in [2.24, 2.45) is 0 Å². The van der Waals surface area contributed by atoms with E-state index in [-0.39, 0.29) is 23.9 Å². The minimum absolute atomic E-state index is 0.0528. The normalized spacial score (nSPS) is 11.6. The van der Waals surface area contributed by atoms with E-state index >= 15 is 0 Å². The molecule has 33 heavy (non-hydrogen) atoms. The maximum atomic E-state index is 13.8. The Morgan fingerprint density at radius 2 is 1.82 bits per heavy atom. The molecule has 0 spiro atoms. The van der Waals surface area contributed by atoms with Crippen molar-refractivity contribution in [2.45, 2.75) is 9.32 Å². The van der Waals surface area contributed by atoms with E-state index < -0.39 is 10.0 Å². The van der Waals surface area contributed by atoms with Crippen molar-refractivity contribution in [3.05, 3.63) is 60.2 Å². The number of rotatable bonds is 9. The third kappa shape index (κ3) is 5.55. The average Bonchev–Trinajstić information content (AvgIpc) is 3.23. The molecule has 4 N–H and O–H groups in total. The van der Waals surface area contributed by atoms with Gasteiger partial charge in [-0.3, -0.25) is 0 Å². The summed E-state index contributed by atoms with van der Waals surface area (Å²) in [5.41, 5.74) is 2.43. The number of thiazole rings is 1. The summed E-state index contributed by atoms with van der Waals surface area (Å²) >= 11 is 3.44. The number of alkyl halides is 1. The van der Waals surface area contributed by atoms with E-state index in [1.165, 1.54) is 35.9 Å². The van der Waals surface area contributed by atoms with Crippen LogP contribution in [0, 0.1) is 5.82 Å². The second kappa shape index (κ2) is 10.2. The molecule has 0 saturated heterocycles. The van der Waals surface area contributed by atoms with Crippen LogP contribution in [0.5, 0.6) is 0 Å². The number of aliphatic hydroxyl groups excluding tert-OH is 1. The molecule has 2 heterocycles. The molecule has 13 heteroatoms. The SMILES string of the molecule is O=S(=O)(NCCO)c1ccc(Nc2nc3ncnc(Nc4ccc(F)c(CI)c4)c3s2)cc1. The number of nitrogens with zero attached hydrogens (tertiary/aromatic N) is 3. The number of halogens is 2. The van der Waals surface area contributed by atoms with Crippen molar-refractivity contribution >= 4 is 76.6 Å². The number of anilines is 4. The lowest BCUT2D eigenvalue weighted by Gasteiger charge is -2.08. The Balaban J connectivity index is 1.54. The molecule has 9 nitrogen and oxygen atoms in total. The lowest BCUT2D eigenvalue weighted by molar-refractivity contribution is 0.301. The monoisotopic (exact) mass is 600 g/mol. The summed E-state index contributed by atoms with van der Waals surface area (Å²) in [5, 5.41) is 15.7. The summed E-state index contributed by atoms with van der Waals surface area (Å²) in [7, 11) is -3.68. The van der Waals surface area contributed by atoms with Crippen molar-refractivity contribution in [2.75, 3.05) is 23.8 Å². The van der Waals surface area contributed by atoms with E-state index in [0.29, 0.717) is 42.7 Å². The van der Waals surface area contributed by atoms with Gasteiger partial charge in [-0.25, -0.2) is 27.5 Å². The number of sulfonamides is 1. The van der Waals surface area contributed by atoms with E-state index in [0.717, 1.165) is 0 Å². The topological polar surface area (TPSA) is 129 Å². The van der Waals surface area contributed by atoms with Gasteiger partial charge in [0.15, 0.2) is 16.6 Å². The first-order valence-corrected chi connectivity index (χ1v) is 13.4. The highest BCUT2D eigenvalue weighted by atomic mass is 127. The van der Waals surface area contributed by atoms with Gasteiger partial charge in [-0.05, 0) is 48.0 Å². The Morgan fingerprint density at radius 1 is 1.06 bits per heavy atom. The van der Waals surface area contributed by atoms with Crippen LogP contribution in [0.2, 0.25) is 0 Å². The van der Waals surface area contributed by atoms with Crippen LogP contribution >= 0.6 is 33.9 Å². The first-order valence-electron chi connectivity index (χ1n) is 9.60. The van der Waals surface area contributed by atoms with Gasteiger partial charge >= 0.3 is 0 Å². The molecule has 0 aliphatic heterocycles. The van der Waals surface area contributed by atoms with E-state index in [9.17, 15) is 12.8 Å². The molecular weight excluding hydrogens is 582 g/mol. The Bertz CT molecular complexity index is 1380. The zero-order valence-corrected chi connectivity index (χ0v) is 20.7. The van der Waals surface area contributed by atoms with Gasteiger partial charge in [0, 0.05) is 22.3 Å². The second-order valence-corrected chi connectivity index (χ2v) is 10.3. The summed E-state index contributed by atoms with van der Waals surface area (Å²) in [4.78, 5) is 13.1. The zero-order valence-electron chi connectivity index (χ0n) is 16.9. The third-order valence-corrected chi connectivity index (χ3v) is 7.73. The van der Waals surface area contributed by atoms with E-state index in [4.69, 9.17) is 5.11 Å². The number of hydrogen-bond donors (Lipinski definition) is 4. The summed E-state index contributed by atoms with van der Waals surface area (Å²) in [6, 6.07) is 11.0. The van der Waals surface area contributed by atoms with Crippen molar-refractivity contribution in [3.63, 3.8) is 0 Å². The quantitative estimate of drug-likeness (QED) is 0.168. The molecule has 2 aromatic carbocycles. The smallest absolute Gasteiger partial charge is 0.240 e. The van der Waals surface area contributed by atoms with Crippen molar-refractivity contribution < 1.29 is 17.9 Å². The van der Waals surface area contributed by atoms with Crippen LogP contribution in [0.15, 0.2) is 53.7 Å². The highest BCUT2D eigenvalue weighted by Crippen LogP contribution is 2.33. The van der Waals surface area contributed by atoms with Gasteiger partial charge in [0.05, 0.1) is 11.5 Å². The molecule has 0 aliphatic carbocycles. The number of nitrogens with one attached hydrogen (secondary N) is 3. The molecule has 0 radical (unpaired) electrons. The average molecular weight is 600 g/mol. The minimum Gasteiger partial charge on any atom is -0.395 e. The third-order valence-electron chi connectivity index (χ3n) is 4.46. The molecule has 0 aliphatic rings. The van der Waals surface area contributed by atoms with Crippen molar-refractivity contribution in [1.29, 1.82) is 0 Å². The Hall–Kier alpha value is -2.46. The van der Waals surface area contributed by atoms with Gasteiger partial charge in [0.2, 0.25) is 10.0 Å². The summed E-state index contributed by atoms with van der Waals surface area (Å²) < 4.78 is 41.6. The van der Waals surface area contributed by atoms with E-state index in [1.807, 2.05) is 0 Å². The molecule has 0 saturated carbocycles. The summed E-state index contributed by atoms with van der Waals surface area (Å²) in [6.45, 7) is -0.334. The van der Waals surface area contributed by atoms with Crippen LogP contribution in [0.25, 0.3) is 10.3 Å². The fraction of sp³-hybridized carbons (Fsp3) is 0.150. The number of aliphatic hydroxyl groups is 1. The fourth-order valence-electron chi connectivity index (χ4n) is 2.89. The maximum Gasteiger partial charge on any atom is 0.240 e. The van der Waals surface area contributed by atoms with Gasteiger partial charge in [-0.1, -0.05) is 33.9 Å². The molecule has 0 unspecified atom stereocenters. The lowest BCUT2D eigenvalue weighted by atomic mass is 10.2. The van der Waals surface area contributed by atoms with Crippen LogP contribution in [0.1, 0.15) is 5.56 Å². The molecule has 0 bridgehead atoms. The Morgan fingerprint density at radius 3 is 2.55 bits per heavy atom. The van der Waals surface area contributed by atoms with E-state index in [2.05, 4.69) is 52.9 Å². The first kappa shape index (κ1) is 23.7. The minimum atomic E-state index is -3.68. The largest absolute Gasteiger partial charge is 0.395 e. The highest BCUT2D eigenvalue weighted by Gasteiger charge is 2.14. The van der Waals surface area contributed by atoms with Gasteiger partial charge < -0.3 is 15.7 Å². The standard InChI is InChI=1S/C20H18FIN6O3S2/c21-16-6-3-14(9-12(16)10-22)26-18-17-19(24-11-23-18)28-20(32-17)27-13-1-4-15(5-2-13)33(30,31)25-7-8-29/h1-6,9,11,25,29H,7-8,10H2,(H2,23,24,26,27,28). The van der Waals surface area contributed by atoms with E-state index in [1.54, 1.807) is 24.3 Å². The molecule has 0 amide bonds. The summed E-state index contributed by atoms with van der Waals surface area (Å²) in [5.74, 6) is 0.294. The first-order chi connectivity index (χ1) is 15.9. The second-order valence-electron chi connectivity index (χ2n) is 6.73. The Labute approximate surface area is 206 Å². The van der Waals surface area contributed by atoms with Gasteiger partial charge in [-0.15, -0.1) is 0 Å². The maximum absolute atomic E-state index is 13.8. The van der Waals surface area contributed by atoms with Crippen molar-refractivity contribution in [3.8, 4) is 0 Å². The van der Waals surface area contributed by atoms with Gasteiger partial charge in [0.25, 0.3) is 0 Å². The number of benzene rings is 2. The fourth-order valence-corrected chi connectivity index (χ4v) is 5.38. The van der Waals surface area contributed by atoms with Gasteiger partial charge in [0.1, 0.15) is 16.8 Å². The summed E-state index contributed by atoms with van der Waals surface area (Å²) in [6.07, 6.45) is 1.40.